The molecule has 15 heteroatoms. The molecule has 4 aliphatic heterocycles. The van der Waals surface area contributed by atoms with Gasteiger partial charge in [0.1, 0.15) is 18.7 Å². The van der Waals surface area contributed by atoms with Crippen LogP contribution in [0.2, 0.25) is 0 Å². The van der Waals surface area contributed by atoms with E-state index in [9.17, 15) is 24.6 Å². The molecule has 15 nitrogen and oxygen atoms in total. The van der Waals surface area contributed by atoms with E-state index in [4.69, 9.17) is 38.9 Å². The number of rotatable bonds is 20. The maximum Gasteiger partial charge on any atom is 0.420 e. The monoisotopic (exact) mass is 888 g/mol. The number of carbonyl (C=O) groups excluding carboxylic acids is 3. The summed E-state index contributed by atoms with van der Waals surface area (Å²) in [6.07, 6.45) is 11.9. The van der Waals surface area contributed by atoms with Crippen LogP contribution in [0.3, 0.4) is 0 Å². The molecule has 0 saturated carbocycles. The van der Waals surface area contributed by atoms with Crippen LogP contribution in [0.25, 0.3) is 0 Å². The molecular weight excluding hydrogens is 811 g/mol. The molecule has 1 aromatic rings. The standard InChI is InChI=1S/C48H77N3O12/c1-11-27-58-43(54)34(12-2)37(57-10)18-16-15-17-36(49)41(53)32(7)40(52)35(13-3)42-30(5)28-31(6)47(61-42)22-20-39(60-44(55)51-26-25-50-29-51)48(63-47)24-23-45(9,62-48)38-19-21-46(56,14-4)33(8)59-38/h11,20,22,25-26,29-39,41-42,53,56H,1,12-19,21,23-24,27-28,49H2,2-10H3/t30-,31+,32+,33-,34+,35-,36+,37+,38+,39+,41+,42-,45-,46+,47-,48-/m0/s1. The van der Waals surface area contributed by atoms with Crippen LogP contribution in [-0.2, 0) is 42.7 Å². The smallest absolute Gasteiger partial charge is 0.420 e. The average molecular weight is 888 g/mol. The van der Waals surface area contributed by atoms with Crippen molar-refractivity contribution < 1.29 is 57.8 Å². The number of nitrogens with two attached hydrogens (primary N) is 1. The number of Topliss-reactive ketones (excluding diaryl/α,β-unsaturated/α-hetero) is 1. The molecule has 4 aliphatic rings. The second-order valence-electron chi connectivity index (χ2n) is 19.0. The van der Waals surface area contributed by atoms with Gasteiger partial charge in [-0.1, -0.05) is 67.0 Å². The van der Waals surface area contributed by atoms with Crippen LogP contribution in [-0.4, -0.2) is 117 Å². The first-order chi connectivity index (χ1) is 29.9. The zero-order chi connectivity index (χ0) is 46.3. The molecule has 63 heavy (non-hydrogen) atoms. The third-order valence-electron chi connectivity index (χ3n) is 14.9. The summed E-state index contributed by atoms with van der Waals surface area (Å²) in [5, 5.41) is 22.7. The van der Waals surface area contributed by atoms with Gasteiger partial charge < -0.3 is 49.1 Å². The van der Waals surface area contributed by atoms with Gasteiger partial charge in [0.2, 0.25) is 5.79 Å². The Bertz CT molecular complexity index is 1710. The van der Waals surface area contributed by atoms with Gasteiger partial charge in [-0.05, 0) is 89.7 Å². The van der Waals surface area contributed by atoms with Crippen molar-refractivity contribution in [2.24, 2.45) is 35.3 Å². The van der Waals surface area contributed by atoms with Crippen molar-refractivity contribution in [1.82, 2.24) is 9.55 Å². The first kappa shape index (κ1) is 51.0. The minimum atomic E-state index is -1.47. The highest BCUT2D eigenvalue weighted by molar-refractivity contribution is 5.84. The lowest BCUT2D eigenvalue weighted by Gasteiger charge is -2.54. The largest absolute Gasteiger partial charge is 0.461 e. The van der Waals surface area contributed by atoms with Gasteiger partial charge in [-0.15, -0.1) is 0 Å². The quantitative estimate of drug-likeness (QED) is 0.0701. The molecule has 356 valence electrons. The molecule has 0 aromatic carbocycles. The topological polar surface area (TPSA) is 200 Å². The van der Waals surface area contributed by atoms with Crippen LogP contribution < -0.4 is 5.73 Å². The third-order valence-corrected chi connectivity index (χ3v) is 14.9. The van der Waals surface area contributed by atoms with Crippen LogP contribution in [0.15, 0.2) is 43.5 Å². The first-order valence-electron chi connectivity index (χ1n) is 23.5. The summed E-state index contributed by atoms with van der Waals surface area (Å²) in [6, 6.07) is -0.648. The Kier molecular flexibility index (Phi) is 17.4. The Morgan fingerprint density at radius 1 is 1.08 bits per heavy atom. The molecule has 0 aliphatic carbocycles. The predicted molar refractivity (Wildman–Crippen MR) is 235 cm³/mol. The van der Waals surface area contributed by atoms with E-state index in [1.54, 1.807) is 26.2 Å². The third kappa shape index (κ3) is 11.0. The van der Waals surface area contributed by atoms with Gasteiger partial charge in [0.05, 0.1) is 47.6 Å². The fourth-order valence-corrected chi connectivity index (χ4v) is 10.5. The van der Waals surface area contributed by atoms with Gasteiger partial charge in [-0.2, -0.15) is 0 Å². The van der Waals surface area contributed by atoms with Gasteiger partial charge in [0, 0.05) is 49.7 Å². The molecule has 0 amide bonds. The Hall–Kier alpha value is -3.02. The van der Waals surface area contributed by atoms with Crippen molar-refractivity contribution in [2.45, 2.75) is 198 Å². The number of aliphatic hydroxyl groups is 2. The first-order valence-corrected chi connectivity index (χ1v) is 23.5. The summed E-state index contributed by atoms with van der Waals surface area (Å²) >= 11 is 0. The Morgan fingerprint density at radius 3 is 2.43 bits per heavy atom. The van der Waals surface area contributed by atoms with Crippen LogP contribution >= 0.6 is 0 Å². The number of hydrogen-bond donors (Lipinski definition) is 3. The second-order valence-corrected chi connectivity index (χ2v) is 19.0. The van der Waals surface area contributed by atoms with Crippen molar-refractivity contribution in [3.63, 3.8) is 0 Å². The predicted octanol–water partition coefficient (Wildman–Crippen LogP) is 6.80. The number of hydrogen-bond acceptors (Lipinski definition) is 14. The lowest BCUT2D eigenvalue weighted by atomic mass is 9.74. The lowest BCUT2D eigenvalue weighted by Crippen LogP contribution is -2.63. The number of ketones is 1. The summed E-state index contributed by atoms with van der Waals surface area (Å²) < 4.78 is 46.1. The number of unbranched alkanes of at least 4 members (excludes halogenated alkanes) is 1. The van der Waals surface area contributed by atoms with Crippen molar-refractivity contribution in [1.29, 1.82) is 0 Å². The highest BCUT2D eigenvalue weighted by Crippen LogP contribution is 2.54. The molecule has 16 atom stereocenters. The zero-order valence-electron chi connectivity index (χ0n) is 39.2. The molecule has 5 heterocycles. The second kappa shape index (κ2) is 21.5. The van der Waals surface area contributed by atoms with Crippen molar-refractivity contribution >= 4 is 17.8 Å². The molecule has 3 saturated heterocycles. The molecule has 5 rings (SSSR count). The van der Waals surface area contributed by atoms with Crippen LogP contribution in [0.5, 0.6) is 0 Å². The summed E-state index contributed by atoms with van der Waals surface area (Å²) in [6.45, 7) is 19.3. The number of esters is 1. The fourth-order valence-electron chi connectivity index (χ4n) is 10.5. The molecule has 0 bridgehead atoms. The van der Waals surface area contributed by atoms with E-state index in [2.05, 4.69) is 18.5 Å². The molecule has 3 fully saturated rings. The van der Waals surface area contributed by atoms with Crippen molar-refractivity contribution in [2.75, 3.05) is 13.7 Å². The number of carbonyl (C=O) groups is 3. The fraction of sp³-hybridized carbons (Fsp3) is 0.792. The van der Waals surface area contributed by atoms with Crippen molar-refractivity contribution in [3.05, 3.63) is 43.5 Å². The molecule has 4 N–H and O–H groups in total. The number of methoxy groups -OCH3 is 1. The van der Waals surface area contributed by atoms with E-state index in [1.807, 2.05) is 41.5 Å². The van der Waals surface area contributed by atoms with E-state index < -0.39 is 77.1 Å². The Balaban J connectivity index is 1.30. The Labute approximate surface area is 374 Å². The van der Waals surface area contributed by atoms with E-state index >= 15 is 0 Å². The maximum atomic E-state index is 14.5. The molecule has 0 radical (unpaired) electrons. The highest BCUT2D eigenvalue weighted by atomic mass is 16.8. The summed E-state index contributed by atoms with van der Waals surface area (Å²) in [5.74, 6) is -5.22. The van der Waals surface area contributed by atoms with E-state index in [0.717, 1.165) is 0 Å². The van der Waals surface area contributed by atoms with Crippen LogP contribution in [0.4, 0.5) is 4.79 Å². The molecule has 2 spiro atoms. The minimum Gasteiger partial charge on any atom is -0.461 e. The molecule has 0 unspecified atom stereocenters. The maximum absolute atomic E-state index is 14.5. The van der Waals surface area contributed by atoms with Gasteiger partial charge in [-0.3, -0.25) is 9.59 Å². The SMILES string of the molecule is C=CCOC(=O)[C@H](CC)[C@@H](CCCC[C@@H](N)[C@H](O)[C@H](C)C(=O)[C@H](CC)[C@H]1O[C@]2(C=C[C@@H](OC(=O)n3ccnc3)[C@]3(CC[C@@](C)([C@H]4CC[C@](O)(CC)[C@H](C)O4)O3)O2)[C@H](C)C[C@@H]1C)OC. The van der Waals surface area contributed by atoms with Crippen molar-refractivity contribution in [3.8, 4) is 0 Å². The number of imidazole rings is 1. The highest BCUT2D eigenvalue weighted by Gasteiger charge is 2.64. The van der Waals surface area contributed by atoms with Gasteiger partial charge in [0.15, 0.2) is 11.9 Å². The van der Waals surface area contributed by atoms with Crippen LogP contribution in [0, 0.1) is 29.6 Å². The molecular formula is C48H77N3O12. The summed E-state index contributed by atoms with van der Waals surface area (Å²) in [4.78, 5) is 44.5. The lowest BCUT2D eigenvalue weighted by molar-refractivity contribution is -0.408. The minimum absolute atomic E-state index is 0.0405. The normalized spacial score (nSPS) is 36.0. The Morgan fingerprint density at radius 2 is 1.81 bits per heavy atom. The van der Waals surface area contributed by atoms with Gasteiger partial charge in [0.25, 0.3) is 0 Å². The number of aromatic nitrogens is 2. The summed E-state index contributed by atoms with van der Waals surface area (Å²) in [7, 11) is 1.59. The molecule has 1 aromatic heterocycles. The number of ether oxygens (including phenoxy) is 7. The summed E-state index contributed by atoms with van der Waals surface area (Å²) in [5.41, 5.74) is 4.78. The zero-order valence-corrected chi connectivity index (χ0v) is 39.2. The van der Waals surface area contributed by atoms with E-state index in [-0.39, 0.29) is 42.4 Å². The van der Waals surface area contributed by atoms with E-state index in [1.165, 1.54) is 29.4 Å². The number of aliphatic hydroxyl groups excluding tert-OH is 1. The van der Waals surface area contributed by atoms with Gasteiger partial charge in [-0.25, -0.2) is 14.3 Å². The average Bonchev–Trinajstić information content (AvgIpc) is 3.94. The number of nitrogens with zero attached hydrogens (tertiary/aromatic N) is 2. The van der Waals surface area contributed by atoms with E-state index in [0.29, 0.717) is 77.0 Å². The van der Waals surface area contributed by atoms with Crippen LogP contribution in [0.1, 0.15) is 132 Å². The van der Waals surface area contributed by atoms with Gasteiger partial charge >= 0.3 is 12.1 Å².